The number of H-pyrrole nitrogens is 1. The Hall–Kier alpha value is -3.15. The van der Waals surface area contributed by atoms with Crippen molar-refractivity contribution in [1.29, 1.82) is 0 Å². The molecule has 2 aliphatic heterocycles. The normalized spacial score (nSPS) is 17.0. The lowest BCUT2D eigenvalue weighted by molar-refractivity contribution is 0.574. The second-order valence-electron chi connectivity index (χ2n) is 8.37. The van der Waals surface area contributed by atoms with Crippen molar-refractivity contribution >= 4 is 33.6 Å². The minimum Gasteiger partial charge on any atom is -0.358 e. The van der Waals surface area contributed by atoms with E-state index in [1.54, 1.807) is 6.07 Å². The number of nitrogens with one attached hydrogen (secondary N) is 1. The highest BCUT2D eigenvalue weighted by molar-refractivity contribution is 5.85. The minimum atomic E-state index is -0.203. The maximum absolute atomic E-state index is 13.6. The molecule has 2 aliphatic rings. The molecule has 152 valence electrons. The van der Waals surface area contributed by atoms with Gasteiger partial charge >= 0.3 is 0 Å². The van der Waals surface area contributed by atoms with Gasteiger partial charge in [-0.05, 0) is 61.7 Å². The second kappa shape index (κ2) is 6.97. The molecule has 0 unspecified atom stereocenters. The molecule has 4 aromatic rings. The van der Waals surface area contributed by atoms with E-state index in [1.807, 2.05) is 6.07 Å². The standard InChI is InChI=1S/C24H24FN5/c25-16-4-5-17-18-15-30(13-10-19(18)26-22(17)14-16)24-9-7-20-21(28-24)6-8-23(27-20)29-11-2-1-3-12-29/h4-9,14,26H,1-3,10-13,15H2. The summed E-state index contributed by atoms with van der Waals surface area (Å²) in [5, 5.41) is 1.10. The fourth-order valence-corrected chi connectivity index (χ4v) is 4.85. The lowest BCUT2D eigenvalue weighted by Gasteiger charge is -2.29. The molecule has 1 fully saturated rings. The van der Waals surface area contributed by atoms with Crippen LogP contribution in [0.5, 0.6) is 0 Å². The number of anilines is 2. The summed E-state index contributed by atoms with van der Waals surface area (Å²) in [6.07, 6.45) is 4.71. The zero-order valence-electron chi connectivity index (χ0n) is 16.9. The van der Waals surface area contributed by atoms with Gasteiger partial charge in [0, 0.05) is 54.8 Å². The van der Waals surface area contributed by atoms with Crippen LogP contribution in [0.15, 0.2) is 42.5 Å². The number of hydrogen-bond donors (Lipinski definition) is 1. The molecule has 0 bridgehead atoms. The molecule has 0 radical (unpaired) electrons. The number of nitrogens with zero attached hydrogens (tertiary/aromatic N) is 4. The fourth-order valence-electron chi connectivity index (χ4n) is 4.85. The third kappa shape index (κ3) is 2.98. The number of rotatable bonds is 2. The number of fused-ring (bicyclic) bond motifs is 4. The predicted molar refractivity (Wildman–Crippen MR) is 119 cm³/mol. The highest BCUT2D eigenvalue weighted by Gasteiger charge is 2.22. The van der Waals surface area contributed by atoms with Crippen molar-refractivity contribution in [2.75, 3.05) is 29.4 Å². The summed E-state index contributed by atoms with van der Waals surface area (Å²) in [6, 6.07) is 13.4. The molecule has 5 nitrogen and oxygen atoms in total. The van der Waals surface area contributed by atoms with Crippen LogP contribution in [0.25, 0.3) is 21.9 Å². The predicted octanol–water partition coefficient (Wildman–Crippen LogP) is 4.80. The summed E-state index contributed by atoms with van der Waals surface area (Å²) < 4.78 is 13.6. The molecular formula is C24H24FN5. The van der Waals surface area contributed by atoms with Crippen LogP contribution < -0.4 is 9.80 Å². The van der Waals surface area contributed by atoms with E-state index in [0.29, 0.717) is 0 Å². The number of pyridine rings is 2. The molecule has 30 heavy (non-hydrogen) atoms. The van der Waals surface area contributed by atoms with Gasteiger partial charge in [0.15, 0.2) is 0 Å². The fraction of sp³-hybridized carbons (Fsp3) is 0.333. The summed E-state index contributed by atoms with van der Waals surface area (Å²) in [7, 11) is 0. The Kier molecular flexibility index (Phi) is 4.11. The Morgan fingerprint density at radius 3 is 2.30 bits per heavy atom. The van der Waals surface area contributed by atoms with Gasteiger partial charge in [-0.3, -0.25) is 0 Å². The summed E-state index contributed by atoms with van der Waals surface area (Å²) >= 11 is 0. The van der Waals surface area contributed by atoms with Crippen molar-refractivity contribution in [3.63, 3.8) is 0 Å². The van der Waals surface area contributed by atoms with E-state index in [9.17, 15) is 4.39 Å². The topological polar surface area (TPSA) is 48.1 Å². The largest absolute Gasteiger partial charge is 0.358 e. The van der Waals surface area contributed by atoms with Crippen molar-refractivity contribution < 1.29 is 4.39 Å². The Morgan fingerprint density at radius 1 is 0.800 bits per heavy atom. The third-order valence-corrected chi connectivity index (χ3v) is 6.45. The highest BCUT2D eigenvalue weighted by Crippen LogP contribution is 2.31. The molecular weight excluding hydrogens is 377 g/mol. The summed E-state index contributed by atoms with van der Waals surface area (Å²) in [4.78, 5) is 17.9. The lowest BCUT2D eigenvalue weighted by Crippen LogP contribution is -2.31. The van der Waals surface area contributed by atoms with E-state index >= 15 is 0 Å². The molecule has 0 atom stereocenters. The van der Waals surface area contributed by atoms with E-state index in [2.05, 4.69) is 39.0 Å². The average Bonchev–Trinajstić information content (AvgIpc) is 3.15. The number of benzene rings is 1. The van der Waals surface area contributed by atoms with Crippen molar-refractivity contribution in [2.24, 2.45) is 0 Å². The van der Waals surface area contributed by atoms with E-state index in [0.717, 1.165) is 66.2 Å². The Labute approximate surface area is 174 Å². The summed E-state index contributed by atoms with van der Waals surface area (Å²) in [5.41, 5.74) is 5.21. The van der Waals surface area contributed by atoms with Gasteiger partial charge in [-0.15, -0.1) is 0 Å². The molecule has 6 heteroatoms. The smallest absolute Gasteiger partial charge is 0.129 e. The van der Waals surface area contributed by atoms with Crippen LogP contribution in [-0.2, 0) is 13.0 Å². The van der Waals surface area contributed by atoms with E-state index in [4.69, 9.17) is 9.97 Å². The molecule has 0 saturated carbocycles. The third-order valence-electron chi connectivity index (χ3n) is 6.45. The minimum absolute atomic E-state index is 0.203. The molecule has 3 aromatic heterocycles. The van der Waals surface area contributed by atoms with Crippen LogP contribution in [0.4, 0.5) is 16.0 Å². The van der Waals surface area contributed by atoms with Crippen molar-refractivity contribution in [3.05, 3.63) is 59.5 Å². The van der Waals surface area contributed by atoms with E-state index in [1.165, 1.54) is 36.6 Å². The monoisotopic (exact) mass is 401 g/mol. The first-order chi connectivity index (χ1) is 14.7. The highest BCUT2D eigenvalue weighted by atomic mass is 19.1. The average molecular weight is 401 g/mol. The summed E-state index contributed by atoms with van der Waals surface area (Å²) in [5.74, 6) is 1.83. The first-order valence-electron chi connectivity index (χ1n) is 10.8. The molecule has 1 saturated heterocycles. The number of halogens is 1. The van der Waals surface area contributed by atoms with Gasteiger partial charge in [0.2, 0.25) is 0 Å². The quantitative estimate of drug-likeness (QED) is 0.524. The molecule has 6 rings (SSSR count). The number of aromatic nitrogens is 3. The van der Waals surface area contributed by atoms with Gasteiger partial charge in [0.25, 0.3) is 0 Å². The first-order valence-corrected chi connectivity index (χ1v) is 10.8. The zero-order valence-corrected chi connectivity index (χ0v) is 16.9. The van der Waals surface area contributed by atoms with Crippen LogP contribution in [0, 0.1) is 5.82 Å². The molecule has 1 N–H and O–H groups in total. The summed E-state index contributed by atoms with van der Waals surface area (Å²) in [6.45, 7) is 3.85. The molecule has 0 aliphatic carbocycles. The van der Waals surface area contributed by atoms with Gasteiger partial charge < -0.3 is 14.8 Å². The van der Waals surface area contributed by atoms with Crippen LogP contribution in [0.1, 0.15) is 30.5 Å². The van der Waals surface area contributed by atoms with Crippen LogP contribution in [0.3, 0.4) is 0 Å². The molecule has 1 aromatic carbocycles. The van der Waals surface area contributed by atoms with Crippen LogP contribution >= 0.6 is 0 Å². The second-order valence-corrected chi connectivity index (χ2v) is 8.37. The number of aromatic amines is 1. The molecule has 0 amide bonds. The maximum Gasteiger partial charge on any atom is 0.129 e. The first kappa shape index (κ1) is 17.7. The van der Waals surface area contributed by atoms with Crippen molar-refractivity contribution in [2.45, 2.75) is 32.2 Å². The van der Waals surface area contributed by atoms with Crippen LogP contribution in [-0.4, -0.2) is 34.6 Å². The molecule has 0 spiro atoms. The Morgan fingerprint density at radius 2 is 1.53 bits per heavy atom. The van der Waals surface area contributed by atoms with E-state index < -0.39 is 0 Å². The van der Waals surface area contributed by atoms with Gasteiger partial charge in [-0.1, -0.05) is 0 Å². The Bertz CT molecular complexity index is 1240. The zero-order chi connectivity index (χ0) is 20.1. The van der Waals surface area contributed by atoms with Crippen LogP contribution in [0.2, 0.25) is 0 Å². The lowest BCUT2D eigenvalue weighted by atomic mass is 10.0. The maximum atomic E-state index is 13.6. The van der Waals surface area contributed by atoms with Gasteiger partial charge in [-0.2, -0.15) is 0 Å². The van der Waals surface area contributed by atoms with E-state index in [-0.39, 0.29) is 5.82 Å². The van der Waals surface area contributed by atoms with Gasteiger partial charge in [0.05, 0.1) is 11.0 Å². The van der Waals surface area contributed by atoms with Crippen molar-refractivity contribution in [3.8, 4) is 0 Å². The Balaban J connectivity index is 1.30. The SMILES string of the molecule is Fc1ccc2c3c([nH]c2c1)CCN(c1ccc2nc(N4CCCCC4)ccc2n1)C3. The molecule has 5 heterocycles. The van der Waals surface area contributed by atoms with Crippen molar-refractivity contribution in [1.82, 2.24) is 15.0 Å². The van der Waals surface area contributed by atoms with Gasteiger partial charge in [-0.25, -0.2) is 14.4 Å². The number of hydrogen-bond acceptors (Lipinski definition) is 4. The number of piperidine rings is 1. The van der Waals surface area contributed by atoms with Gasteiger partial charge in [0.1, 0.15) is 17.5 Å².